The molecule has 9 heteroatoms. The van der Waals surface area contributed by atoms with E-state index in [1.807, 2.05) is 0 Å². The molecule has 0 fully saturated rings. The molecule has 0 aliphatic carbocycles. The summed E-state index contributed by atoms with van der Waals surface area (Å²) in [5.74, 6) is 0. The molecule has 7 aromatic rings. The molecule has 0 saturated heterocycles. The van der Waals surface area contributed by atoms with Crippen LogP contribution >= 0.6 is 0 Å². The monoisotopic (exact) mass is 787 g/mol. The average Bonchev–Trinajstić information content (AvgIpc) is 4.10. The van der Waals surface area contributed by atoms with Gasteiger partial charge in [-0.15, -0.1) is 22.1 Å². The molecule has 0 aromatic carbocycles. The number of aromatic nitrogens is 8. The van der Waals surface area contributed by atoms with Crippen molar-refractivity contribution in [2.45, 2.75) is 53.9 Å². The minimum atomic E-state index is 0. The summed E-state index contributed by atoms with van der Waals surface area (Å²) in [5, 5.41) is 0. The molecule has 0 atom stereocenters. The van der Waals surface area contributed by atoms with Crippen LogP contribution < -0.4 is 28.2 Å². The van der Waals surface area contributed by atoms with Crippen molar-refractivity contribution in [3.8, 4) is 45.0 Å². The van der Waals surface area contributed by atoms with Gasteiger partial charge in [-0.1, -0.05) is 24.3 Å². The minimum Gasteiger partial charge on any atom is -0.656 e. The van der Waals surface area contributed by atoms with Crippen molar-refractivity contribution in [1.82, 2.24) is 19.9 Å². The third-order valence-electron chi connectivity index (χ3n) is 10.8. The van der Waals surface area contributed by atoms with Crippen LogP contribution in [0.15, 0.2) is 122 Å². The van der Waals surface area contributed by atoms with E-state index in [2.05, 4.69) is 192 Å². The Bertz CT molecular complexity index is 2500. The van der Waals surface area contributed by atoms with Gasteiger partial charge in [0.2, 0.25) is 22.8 Å². The molecule has 8 bridgehead atoms. The summed E-state index contributed by atoms with van der Waals surface area (Å²) in [5.41, 5.74) is 14.9. The van der Waals surface area contributed by atoms with Crippen LogP contribution in [0, 0.1) is 0 Å². The zero-order valence-corrected chi connectivity index (χ0v) is 33.8. The number of rotatable bonds is 8. The summed E-state index contributed by atoms with van der Waals surface area (Å²) in [7, 11) is 0. The summed E-state index contributed by atoms with van der Waals surface area (Å²) < 4.78 is 9.04. The molecule has 0 N–H and O–H groups in total. The number of aryl methyl sites for hydroxylation is 4. The molecule has 8 nitrogen and oxygen atoms in total. The van der Waals surface area contributed by atoms with Crippen LogP contribution in [-0.4, -0.2) is 9.97 Å². The van der Waals surface area contributed by atoms with Gasteiger partial charge in [-0.3, -0.25) is 0 Å². The molecule has 2 aliphatic heterocycles. The van der Waals surface area contributed by atoms with E-state index in [0.717, 1.165) is 116 Å². The standard InChI is InChI=1S/C48H44N8.Mn/c1-5-53-29-13-9-17-41(53)45-33-21-23-35(49-33)46(42-18-10-14-30-54(42)6-2)37-25-27-39(51-37)48(44-20-12-16-32-56(44)8-4)40-28-26-38(52-40)47(36-24-22-34(45)50-36)43-19-11-15-31-55(43)7-3;/h9-32H,5-8H2,1-4H3;/q2*+2. The van der Waals surface area contributed by atoms with Gasteiger partial charge in [0.05, 0.1) is 45.0 Å². The molecular weight excluding hydrogens is 744 g/mol. The number of hydrogen-bond donors (Lipinski definition) is 0. The molecule has 0 unspecified atom stereocenters. The van der Waals surface area contributed by atoms with Gasteiger partial charge in [0.25, 0.3) is 0 Å². The van der Waals surface area contributed by atoms with Crippen LogP contribution in [0.2, 0.25) is 0 Å². The van der Waals surface area contributed by atoms with E-state index in [0.29, 0.717) is 0 Å². The van der Waals surface area contributed by atoms with Crippen molar-refractivity contribution >= 4 is 46.4 Å². The third kappa shape index (κ3) is 6.73. The van der Waals surface area contributed by atoms with Crippen molar-refractivity contribution in [3.05, 3.63) is 145 Å². The van der Waals surface area contributed by atoms with E-state index in [4.69, 9.17) is 19.9 Å². The van der Waals surface area contributed by atoms with E-state index in [1.54, 1.807) is 0 Å². The van der Waals surface area contributed by atoms with Crippen LogP contribution in [0.3, 0.4) is 0 Å². The Kier molecular flexibility index (Phi) is 10.6. The van der Waals surface area contributed by atoms with Crippen LogP contribution in [0.5, 0.6) is 0 Å². The molecule has 0 amide bonds. The smallest absolute Gasteiger partial charge is 0.656 e. The summed E-state index contributed by atoms with van der Waals surface area (Å²) in [6, 6.07) is 33.9. The Morgan fingerprint density at radius 2 is 0.614 bits per heavy atom. The largest absolute Gasteiger partial charge is 2.00 e. The van der Waals surface area contributed by atoms with Crippen LogP contribution in [0.1, 0.15) is 50.5 Å². The second-order valence-corrected chi connectivity index (χ2v) is 13.9. The fraction of sp³-hybridized carbons (Fsp3) is 0.167. The predicted octanol–water partition coefficient (Wildman–Crippen LogP) is 7.81. The Hall–Kier alpha value is -6.28. The van der Waals surface area contributed by atoms with E-state index in [9.17, 15) is 0 Å². The first-order valence-electron chi connectivity index (χ1n) is 19.6. The molecule has 57 heavy (non-hydrogen) atoms. The van der Waals surface area contributed by atoms with Crippen molar-refractivity contribution in [2.75, 3.05) is 0 Å². The molecule has 9 heterocycles. The van der Waals surface area contributed by atoms with Gasteiger partial charge in [0.15, 0.2) is 24.8 Å². The summed E-state index contributed by atoms with van der Waals surface area (Å²) in [4.78, 5) is 21.9. The van der Waals surface area contributed by atoms with E-state index in [-0.39, 0.29) is 17.1 Å². The van der Waals surface area contributed by atoms with Crippen molar-refractivity contribution < 1.29 is 35.3 Å². The maximum atomic E-state index is 5.48. The van der Waals surface area contributed by atoms with E-state index < -0.39 is 0 Å². The predicted molar refractivity (Wildman–Crippen MR) is 222 cm³/mol. The van der Waals surface area contributed by atoms with E-state index >= 15 is 0 Å². The molecule has 9 rings (SSSR count). The zero-order valence-electron chi connectivity index (χ0n) is 32.6. The SMILES string of the molecule is CC[n+]1ccccc1-c1c2nc(c(-c3cccc[n+]3CC)c3ccc([n-]3)c(-c3cccc[n+]3CC)c3nc(c(-c4cccc[n+]4CC)c4ccc1[n-]4)C=C3)C=C2.[Mn+2]. The zero-order chi connectivity index (χ0) is 38.2. The first-order valence-corrected chi connectivity index (χ1v) is 19.6. The van der Waals surface area contributed by atoms with Gasteiger partial charge in [0.1, 0.15) is 26.2 Å². The van der Waals surface area contributed by atoms with Crippen LogP contribution in [0.25, 0.3) is 91.4 Å². The molecule has 0 spiro atoms. The van der Waals surface area contributed by atoms with Gasteiger partial charge in [0, 0.05) is 48.5 Å². The van der Waals surface area contributed by atoms with Crippen molar-refractivity contribution in [1.29, 1.82) is 0 Å². The van der Waals surface area contributed by atoms with Crippen LogP contribution in [-0.2, 0) is 43.2 Å². The van der Waals surface area contributed by atoms with Gasteiger partial charge in [-0.2, -0.15) is 18.3 Å². The first kappa shape index (κ1) is 37.6. The van der Waals surface area contributed by atoms with Gasteiger partial charge in [-0.25, -0.2) is 9.97 Å². The summed E-state index contributed by atoms with van der Waals surface area (Å²) in [6.45, 7) is 11.9. The Morgan fingerprint density at radius 3 is 0.842 bits per heavy atom. The molecule has 2 aliphatic rings. The Morgan fingerprint density at radius 1 is 0.368 bits per heavy atom. The Labute approximate surface area is 343 Å². The second-order valence-electron chi connectivity index (χ2n) is 13.9. The molecular formula is C48H44MnN8+4. The van der Waals surface area contributed by atoms with Crippen molar-refractivity contribution in [3.63, 3.8) is 0 Å². The third-order valence-corrected chi connectivity index (χ3v) is 10.8. The number of pyridine rings is 4. The second kappa shape index (κ2) is 16.1. The fourth-order valence-corrected chi connectivity index (χ4v) is 8.05. The molecule has 1 radical (unpaired) electrons. The average molecular weight is 788 g/mol. The van der Waals surface area contributed by atoms with Gasteiger partial charge in [-0.05, 0) is 76.3 Å². The first-order chi connectivity index (χ1) is 27.6. The van der Waals surface area contributed by atoms with Gasteiger partial charge >= 0.3 is 17.1 Å². The normalized spacial score (nSPS) is 11.9. The maximum Gasteiger partial charge on any atom is 2.00 e. The number of fused-ring (bicyclic) bond motifs is 8. The minimum absolute atomic E-state index is 0. The quantitative estimate of drug-likeness (QED) is 0.117. The van der Waals surface area contributed by atoms with Crippen LogP contribution in [0.4, 0.5) is 0 Å². The summed E-state index contributed by atoms with van der Waals surface area (Å²) >= 11 is 0. The fourth-order valence-electron chi connectivity index (χ4n) is 8.05. The molecule has 279 valence electrons. The molecule has 7 aromatic heterocycles. The van der Waals surface area contributed by atoms with Gasteiger partial charge < -0.3 is 9.97 Å². The van der Waals surface area contributed by atoms with Crippen molar-refractivity contribution in [2.24, 2.45) is 0 Å². The number of hydrogen-bond acceptors (Lipinski definition) is 2. The Balaban J connectivity index is 0.00000455. The summed E-state index contributed by atoms with van der Waals surface area (Å²) in [6.07, 6.45) is 17.0. The topological polar surface area (TPSA) is 69.5 Å². The number of nitrogens with zero attached hydrogens (tertiary/aromatic N) is 8. The maximum absolute atomic E-state index is 5.48. The van der Waals surface area contributed by atoms with E-state index in [1.165, 1.54) is 0 Å². The molecule has 0 saturated carbocycles.